The van der Waals surface area contributed by atoms with Gasteiger partial charge in [-0.05, 0) is 24.6 Å². The van der Waals surface area contributed by atoms with E-state index >= 15 is 0 Å². The highest BCUT2D eigenvalue weighted by Crippen LogP contribution is 2.30. The molecule has 0 saturated carbocycles. The van der Waals surface area contributed by atoms with Gasteiger partial charge in [0.15, 0.2) is 0 Å². The monoisotopic (exact) mass is 331 g/mol. The number of benzene rings is 2. The molecule has 2 atom stereocenters. The highest BCUT2D eigenvalue weighted by atomic mass is 32.2. The van der Waals surface area contributed by atoms with Gasteiger partial charge in [0.1, 0.15) is 12.1 Å². The maximum Gasteiger partial charge on any atom is 0.324 e. The average molecular weight is 331 g/mol. The zero-order valence-electron chi connectivity index (χ0n) is 12.6. The van der Waals surface area contributed by atoms with Gasteiger partial charge in [0, 0.05) is 6.42 Å². The van der Waals surface area contributed by atoms with Crippen molar-refractivity contribution in [2.75, 3.05) is 0 Å². The lowest BCUT2D eigenvalue weighted by molar-refractivity contribution is -0.142. The fourth-order valence-electron chi connectivity index (χ4n) is 2.52. The van der Waals surface area contributed by atoms with Gasteiger partial charge in [-0.25, -0.2) is 8.42 Å². The van der Waals surface area contributed by atoms with E-state index in [0.29, 0.717) is 0 Å². The smallest absolute Gasteiger partial charge is 0.324 e. The molecule has 1 aliphatic heterocycles. The molecule has 0 amide bonds. The fourth-order valence-corrected chi connectivity index (χ4v) is 3.72. The second kappa shape index (κ2) is 6.14. The maximum atomic E-state index is 12.4. The number of rotatable bonds is 4. The molecule has 0 radical (unpaired) electrons. The third kappa shape index (κ3) is 3.43. The Morgan fingerprint density at radius 2 is 1.70 bits per heavy atom. The van der Waals surface area contributed by atoms with Crippen molar-refractivity contribution < 1.29 is 17.9 Å². The number of aryl methyl sites for hydroxylation is 1. The highest BCUT2D eigenvalue weighted by molar-refractivity contribution is 7.89. The molecule has 5 nitrogen and oxygen atoms in total. The van der Waals surface area contributed by atoms with Gasteiger partial charge in [-0.2, -0.15) is 4.72 Å². The Morgan fingerprint density at radius 1 is 1.04 bits per heavy atom. The van der Waals surface area contributed by atoms with Crippen LogP contribution in [0.15, 0.2) is 59.5 Å². The van der Waals surface area contributed by atoms with E-state index in [4.69, 9.17) is 4.74 Å². The first-order chi connectivity index (χ1) is 11.0. The number of esters is 1. The molecule has 1 N–H and O–H groups in total. The number of cyclic esters (lactones) is 1. The van der Waals surface area contributed by atoms with Crippen molar-refractivity contribution in [3.63, 3.8) is 0 Å². The van der Waals surface area contributed by atoms with E-state index < -0.39 is 28.1 Å². The summed E-state index contributed by atoms with van der Waals surface area (Å²) in [6.07, 6.45) is -0.136. The molecule has 1 fully saturated rings. The lowest BCUT2D eigenvalue weighted by atomic mass is 10.1. The quantitative estimate of drug-likeness (QED) is 0.873. The summed E-state index contributed by atoms with van der Waals surface area (Å²) in [6, 6.07) is 14.9. The molecule has 0 spiro atoms. The molecule has 1 aliphatic rings. The van der Waals surface area contributed by atoms with Gasteiger partial charge < -0.3 is 4.74 Å². The highest BCUT2D eigenvalue weighted by Gasteiger charge is 2.38. The molecule has 0 bridgehead atoms. The molecule has 120 valence electrons. The predicted molar refractivity (Wildman–Crippen MR) is 85.2 cm³/mol. The number of carbonyl (C=O) groups excluding carboxylic acids is 1. The molecule has 0 aromatic heterocycles. The standard InChI is InChI=1S/C17H17NO4S/c1-12-7-9-14(10-8-12)23(20,21)18-15-11-16(22-17(15)19)13-5-3-2-4-6-13/h2-10,15-16,18H,11H2,1H3/t15-,16+/m0/s1. The lowest BCUT2D eigenvalue weighted by Gasteiger charge is -2.10. The minimum Gasteiger partial charge on any atom is -0.456 e. The summed E-state index contributed by atoms with van der Waals surface area (Å²) in [7, 11) is -3.75. The summed E-state index contributed by atoms with van der Waals surface area (Å²) in [4.78, 5) is 12.1. The SMILES string of the molecule is Cc1ccc(S(=O)(=O)N[C@H]2C[C@H](c3ccccc3)OC2=O)cc1. The molecule has 2 aromatic carbocycles. The van der Waals surface area contributed by atoms with Gasteiger partial charge in [0.25, 0.3) is 0 Å². The van der Waals surface area contributed by atoms with Crippen LogP contribution in [0.5, 0.6) is 0 Å². The number of nitrogens with one attached hydrogen (secondary N) is 1. The van der Waals surface area contributed by atoms with Gasteiger partial charge in [-0.15, -0.1) is 0 Å². The molecule has 0 aliphatic carbocycles. The van der Waals surface area contributed by atoms with Crippen LogP contribution in [0.25, 0.3) is 0 Å². The first kappa shape index (κ1) is 15.7. The number of carbonyl (C=O) groups is 1. The molecule has 0 unspecified atom stereocenters. The van der Waals surface area contributed by atoms with Crippen LogP contribution in [0.4, 0.5) is 0 Å². The summed E-state index contributed by atoms with van der Waals surface area (Å²) in [5, 5.41) is 0. The third-order valence-electron chi connectivity index (χ3n) is 3.79. The zero-order valence-corrected chi connectivity index (χ0v) is 13.4. The van der Waals surface area contributed by atoms with Crippen molar-refractivity contribution in [3.05, 3.63) is 65.7 Å². The van der Waals surface area contributed by atoms with E-state index in [1.807, 2.05) is 37.3 Å². The second-order valence-corrected chi connectivity index (χ2v) is 7.27. The van der Waals surface area contributed by atoms with Crippen LogP contribution in [0.3, 0.4) is 0 Å². The molecule has 3 rings (SSSR count). The Bertz CT molecular complexity index is 800. The Labute approximate surface area is 135 Å². The fraction of sp³-hybridized carbons (Fsp3) is 0.235. The predicted octanol–water partition coefficient (Wildman–Crippen LogP) is 2.33. The lowest BCUT2D eigenvalue weighted by Crippen LogP contribution is -2.37. The first-order valence-corrected chi connectivity index (χ1v) is 8.78. The molecular formula is C17H17NO4S. The van der Waals surface area contributed by atoms with E-state index in [9.17, 15) is 13.2 Å². The Morgan fingerprint density at radius 3 is 2.35 bits per heavy atom. The summed E-state index contributed by atoms with van der Waals surface area (Å²) in [5.74, 6) is -0.547. The van der Waals surface area contributed by atoms with Crippen molar-refractivity contribution in [1.29, 1.82) is 0 Å². The van der Waals surface area contributed by atoms with Crippen molar-refractivity contribution >= 4 is 16.0 Å². The van der Waals surface area contributed by atoms with E-state index in [-0.39, 0.29) is 11.3 Å². The number of hydrogen-bond donors (Lipinski definition) is 1. The summed E-state index contributed by atoms with van der Waals surface area (Å²) < 4.78 is 32.5. The van der Waals surface area contributed by atoms with E-state index in [0.717, 1.165) is 11.1 Å². The van der Waals surface area contributed by atoms with Crippen LogP contribution in [-0.4, -0.2) is 20.4 Å². The number of sulfonamides is 1. The molecule has 1 saturated heterocycles. The molecule has 6 heteroatoms. The van der Waals surface area contributed by atoms with Gasteiger partial charge >= 0.3 is 5.97 Å². The van der Waals surface area contributed by atoms with Crippen LogP contribution < -0.4 is 4.72 Å². The van der Waals surface area contributed by atoms with Gasteiger partial charge in [0.05, 0.1) is 4.90 Å². The van der Waals surface area contributed by atoms with Crippen molar-refractivity contribution in [2.24, 2.45) is 0 Å². The molecular weight excluding hydrogens is 314 g/mol. The first-order valence-electron chi connectivity index (χ1n) is 7.30. The Kier molecular flexibility index (Phi) is 4.19. The molecule has 23 heavy (non-hydrogen) atoms. The number of ether oxygens (including phenoxy) is 1. The van der Waals surface area contributed by atoms with E-state index in [2.05, 4.69) is 4.72 Å². The molecule has 1 heterocycles. The zero-order chi connectivity index (χ0) is 16.4. The van der Waals surface area contributed by atoms with Crippen molar-refractivity contribution in [1.82, 2.24) is 4.72 Å². The van der Waals surface area contributed by atoms with Crippen molar-refractivity contribution in [2.45, 2.75) is 30.4 Å². The summed E-state index contributed by atoms with van der Waals surface area (Å²) in [6.45, 7) is 1.88. The van der Waals surface area contributed by atoms with Crippen molar-refractivity contribution in [3.8, 4) is 0 Å². The van der Waals surface area contributed by atoms with E-state index in [1.54, 1.807) is 12.1 Å². The van der Waals surface area contributed by atoms with Crippen LogP contribution in [0, 0.1) is 6.92 Å². The van der Waals surface area contributed by atoms with Gasteiger partial charge in [0.2, 0.25) is 10.0 Å². The minimum atomic E-state index is -3.75. The normalized spacial score (nSPS) is 21.2. The van der Waals surface area contributed by atoms with Crippen LogP contribution >= 0.6 is 0 Å². The third-order valence-corrected chi connectivity index (χ3v) is 5.28. The van der Waals surface area contributed by atoms with Crippen LogP contribution in [0.2, 0.25) is 0 Å². The second-order valence-electron chi connectivity index (χ2n) is 5.56. The Hall–Kier alpha value is -2.18. The molecule has 2 aromatic rings. The Balaban J connectivity index is 1.75. The van der Waals surface area contributed by atoms with Gasteiger partial charge in [-0.1, -0.05) is 48.0 Å². The number of hydrogen-bond acceptors (Lipinski definition) is 4. The average Bonchev–Trinajstić information content (AvgIpc) is 2.89. The minimum absolute atomic E-state index is 0.138. The van der Waals surface area contributed by atoms with E-state index in [1.165, 1.54) is 12.1 Å². The van der Waals surface area contributed by atoms with Crippen LogP contribution in [0.1, 0.15) is 23.7 Å². The summed E-state index contributed by atoms with van der Waals surface area (Å²) >= 11 is 0. The van der Waals surface area contributed by atoms with Gasteiger partial charge in [-0.3, -0.25) is 4.79 Å². The maximum absolute atomic E-state index is 12.4. The summed E-state index contributed by atoms with van der Waals surface area (Å²) in [5.41, 5.74) is 1.83. The van der Waals surface area contributed by atoms with Crippen LogP contribution in [-0.2, 0) is 19.6 Å². The topological polar surface area (TPSA) is 72.5 Å². The largest absolute Gasteiger partial charge is 0.456 e.